The van der Waals surface area contributed by atoms with Crippen molar-refractivity contribution in [3.05, 3.63) is 17.7 Å². The van der Waals surface area contributed by atoms with E-state index in [1.54, 1.807) is 19.1 Å². The Morgan fingerprint density at radius 1 is 0.595 bits per heavy atom. The summed E-state index contributed by atoms with van der Waals surface area (Å²) in [6.45, 7) is 14.0. The zero-order chi connectivity index (χ0) is 27.8. The molecule has 0 radical (unpaired) electrons. The summed E-state index contributed by atoms with van der Waals surface area (Å²) in [7, 11) is 0. The summed E-state index contributed by atoms with van der Waals surface area (Å²) in [5, 5.41) is 0. The fraction of sp³-hybridized carbons (Fsp3) is 0.710. The summed E-state index contributed by atoms with van der Waals surface area (Å²) in [4.78, 5) is 38.9. The zero-order valence-corrected chi connectivity index (χ0v) is 24.3. The number of rotatable bonds is 18. The predicted molar refractivity (Wildman–Crippen MR) is 148 cm³/mol. The van der Waals surface area contributed by atoms with E-state index in [4.69, 9.17) is 14.2 Å². The van der Waals surface area contributed by atoms with Gasteiger partial charge in [-0.1, -0.05) is 80.1 Å². The van der Waals surface area contributed by atoms with E-state index in [1.807, 2.05) is 20.8 Å². The van der Waals surface area contributed by atoms with E-state index in [2.05, 4.69) is 20.8 Å². The smallest absolute Gasteiger partial charge is 0.314 e. The van der Waals surface area contributed by atoms with Gasteiger partial charge >= 0.3 is 17.9 Å². The Labute approximate surface area is 224 Å². The first-order valence-corrected chi connectivity index (χ1v) is 14.5. The Kier molecular flexibility index (Phi) is 15.9. The van der Waals surface area contributed by atoms with E-state index in [-0.39, 0.29) is 52.9 Å². The van der Waals surface area contributed by atoms with Gasteiger partial charge in [-0.05, 0) is 45.4 Å². The fourth-order valence-corrected chi connectivity index (χ4v) is 4.31. The second kappa shape index (κ2) is 18.0. The summed E-state index contributed by atoms with van der Waals surface area (Å²) < 4.78 is 17.4. The Morgan fingerprint density at radius 3 is 1.22 bits per heavy atom. The van der Waals surface area contributed by atoms with E-state index < -0.39 is 0 Å². The van der Waals surface area contributed by atoms with Gasteiger partial charge in [0.2, 0.25) is 0 Å². The third kappa shape index (κ3) is 10.9. The van der Waals surface area contributed by atoms with Crippen molar-refractivity contribution in [1.29, 1.82) is 0 Å². The van der Waals surface area contributed by atoms with Gasteiger partial charge in [-0.15, -0.1) is 0 Å². The minimum atomic E-state index is -0.321. The number of hydrogen-bond acceptors (Lipinski definition) is 6. The molecule has 0 heterocycles. The van der Waals surface area contributed by atoms with Crippen molar-refractivity contribution >= 4 is 17.9 Å². The molecule has 0 saturated heterocycles. The molecule has 1 aromatic carbocycles. The van der Waals surface area contributed by atoms with Crippen LogP contribution in [0.1, 0.15) is 124 Å². The molecular weight excluding hydrogens is 468 g/mol. The first-order valence-electron chi connectivity index (χ1n) is 14.5. The summed E-state index contributed by atoms with van der Waals surface area (Å²) in [6.07, 6.45) is 10.1. The molecule has 0 aliphatic heterocycles. The summed E-state index contributed by atoms with van der Waals surface area (Å²) in [5.74, 6) is -0.852. The van der Waals surface area contributed by atoms with Crippen LogP contribution in [0.15, 0.2) is 12.1 Å². The SMILES string of the molecule is CCCCC(CC)C(=O)Oc1cc(OC(=O)C(CC)CCCC)c(C)c(OC(=O)C(CC)CCCC)c1. The van der Waals surface area contributed by atoms with Gasteiger partial charge in [-0.2, -0.15) is 0 Å². The maximum absolute atomic E-state index is 13.0. The first kappa shape index (κ1) is 32.7. The van der Waals surface area contributed by atoms with Crippen LogP contribution < -0.4 is 14.2 Å². The average Bonchev–Trinajstić information content (AvgIpc) is 2.88. The second-order valence-electron chi connectivity index (χ2n) is 10.1. The lowest BCUT2D eigenvalue weighted by Crippen LogP contribution is -2.23. The molecule has 0 aliphatic carbocycles. The van der Waals surface area contributed by atoms with Crippen LogP contribution in [-0.2, 0) is 14.4 Å². The van der Waals surface area contributed by atoms with Crippen LogP contribution in [0.25, 0.3) is 0 Å². The Balaban J connectivity index is 3.31. The fourth-order valence-electron chi connectivity index (χ4n) is 4.31. The summed E-state index contributed by atoms with van der Waals surface area (Å²) in [5.41, 5.74) is 0.537. The zero-order valence-electron chi connectivity index (χ0n) is 24.3. The number of esters is 3. The molecule has 6 nitrogen and oxygen atoms in total. The van der Waals surface area contributed by atoms with Crippen LogP contribution in [-0.4, -0.2) is 17.9 Å². The van der Waals surface area contributed by atoms with Crippen LogP contribution in [0.2, 0.25) is 0 Å². The van der Waals surface area contributed by atoms with Crippen LogP contribution in [0.3, 0.4) is 0 Å². The molecule has 210 valence electrons. The van der Waals surface area contributed by atoms with Gasteiger partial charge in [0.1, 0.15) is 17.2 Å². The molecule has 0 aromatic heterocycles. The molecule has 0 saturated carbocycles. The predicted octanol–water partition coefficient (Wildman–Crippen LogP) is 8.36. The first-order chi connectivity index (χ1) is 17.8. The highest BCUT2D eigenvalue weighted by Gasteiger charge is 2.25. The number of benzene rings is 1. The third-order valence-electron chi connectivity index (χ3n) is 7.12. The molecule has 3 atom stereocenters. The lowest BCUT2D eigenvalue weighted by atomic mass is 9.99. The number of carbonyl (C=O) groups is 3. The standard InChI is InChI=1S/C31H50O6/c1-8-14-17-23(11-4)29(32)35-26-20-27(36-30(33)24(12-5)18-15-9-2)22(7)28(21-26)37-31(34)25(13-6)19-16-10-3/h20-21,23-25H,8-19H2,1-7H3. The van der Waals surface area contributed by atoms with Crippen LogP contribution in [0.5, 0.6) is 17.2 Å². The van der Waals surface area contributed by atoms with Crippen LogP contribution in [0, 0.1) is 24.7 Å². The third-order valence-corrected chi connectivity index (χ3v) is 7.12. The molecule has 3 unspecified atom stereocenters. The Morgan fingerprint density at radius 2 is 0.919 bits per heavy atom. The van der Waals surface area contributed by atoms with E-state index in [0.29, 0.717) is 24.8 Å². The lowest BCUT2D eigenvalue weighted by molar-refractivity contribution is -0.139. The minimum Gasteiger partial charge on any atom is -0.426 e. The number of carbonyl (C=O) groups excluding carboxylic acids is 3. The molecule has 0 amide bonds. The van der Waals surface area contributed by atoms with Crippen molar-refractivity contribution in [2.75, 3.05) is 0 Å². The topological polar surface area (TPSA) is 78.9 Å². The number of unbranched alkanes of at least 4 members (excludes halogenated alkanes) is 3. The number of ether oxygens (including phenoxy) is 3. The number of hydrogen-bond donors (Lipinski definition) is 0. The normalized spacial score (nSPS) is 13.5. The van der Waals surface area contributed by atoms with E-state index in [0.717, 1.165) is 57.8 Å². The van der Waals surface area contributed by atoms with Crippen molar-refractivity contribution < 1.29 is 28.6 Å². The highest BCUT2D eigenvalue weighted by Crippen LogP contribution is 2.36. The van der Waals surface area contributed by atoms with Gasteiger partial charge in [0.05, 0.1) is 17.8 Å². The maximum atomic E-state index is 13.0. The van der Waals surface area contributed by atoms with Crippen molar-refractivity contribution in [2.24, 2.45) is 17.8 Å². The molecular formula is C31H50O6. The van der Waals surface area contributed by atoms with Gasteiger partial charge in [0, 0.05) is 17.7 Å². The average molecular weight is 519 g/mol. The maximum Gasteiger partial charge on any atom is 0.314 e. The molecule has 0 bridgehead atoms. The van der Waals surface area contributed by atoms with Crippen molar-refractivity contribution in [3.63, 3.8) is 0 Å². The van der Waals surface area contributed by atoms with E-state index >= 15 is 0 Å². The monoisotopic (exact) mass is 518 g/mol. The van der Waals surface area contributed by atoms with Crippen molar-refractivity contribution in [2.45, 2.75) is 126 Å². The largest absolute Gasteiger partial charge is 0.426 e. The van der Waals surface area contributed by atoms with Gasteiger partial charge < -0.3 is 14.2 Å². The van der Waals surface area contributed by atoms with Gasteiger partial charge in [0.15, 0.2) is 0 Å². The molecule has 0 N–H and O–H groups in total. The Bertz CT molecular complexity index is 795. The van der Waals surface area contributed by atoms with Crippen molar-refractivity contribution in [3.8, 4) is 17.2 Å². The highest BCUT2D eigenvalue weighted by atomic mass is 16.6. The van der Waals surface area contributed by atoms with Gasteiger partial charge in [-0.25, -0.2) is 0 Å². The van der Waals surface area contributed by atoms with Gasteiger partial charge in [0.25, 0.3) is 0 Å². The summed E-state index contributed by atoms with van der Waals surface area (Å²) >= 11 is 0. The molecule has 1 aromatic rings. The lowest BCUT2D eigenvalue weighted by Gasteiger charge is -2.20. The van der Waals surface area contributed by atoms with Crippen LogP contribution >= 0.6 is 0 Å². The molecule has 0 fully saturated rings. The summed E-state index contributed by atoms with van der Waals surface area (Å²) in [6, 6.07) is 3.13. The second-order valence-corrected chi connectivity index (χ2v) is 10.1. The molecule has 0 spiro atoms. The molecule has 0 aliphatic rings. The Hall–Kier alpha value is -2.37. The quantitative estimate of drug-likeness (QED) is 0.143. The molecule has 37 heavy (non-hydrogen) atoms. The molecule has 1 rings (SSSR count). The van der Waals surface area contributed by atoms with Crippen LogP contribution in [0.4, 0.5) is 0 Å². The molecule has 6 heteroatoms. The van der Waals surface area contributed by atoms with E-state index in [9.17, 15) is 14.4 Å². The minimum absolute atomic E-state index is 0.213. The van der Waals surface area contributed by atoms with E-state index in [1.165, 1.54) is 0 Å². The highest BCUT2D eigenvalue weighted by molar-refractivity contribution is 5.79. The van der Waals surface area contributed by atoms with Crippen molar-refractivity contribution in [1.82, 2.24) is 0 Å². The van der Waals surface area contributed by atoms with Gasteiger partial charge in [-0.3, -0.25) is 14.4 Å².